The summed E-state index contributed by atoms with van der Waals surface area (Å²) in [6.07, 6.45) is 0. The number of hydrogen-bond acceptors (Lipinski definition) is 2. The van der Waals surface area contributed by atoms with E-state index in [9.17, 15) is 4.39 Å². The molecule has 0 spiro atoms. The summed E-state index contributed by atoms with van der Waals surface area (Å²) in [5, 5.41) is 4.50. The van der Waals surface area contributed by atoms with Crippen molar-refractivity contribution in [3.63, 3.8) is 0 Å². The fraction of sp³-hybridized carbons (Fsp3) is 0.429. The topological polar surface area (TPSA) is 12.0 Å². The molecule has 0 radical (unpaired) electrons. The Bertz CT molecular complexity index is 504. The maximum atomic E-state index is 13.1. The molecule has 0 saturated heterocycles. The van der Waals surface area contributed by atoms with Gasteiger partial charge in [0.2, 0.25) is 0 Å². The summed E-state index contributed by atoms with van der Waals surface area (Å²) in [4.78, 5) is 1.29. The molecule has 1 atom stereocenters. The van der Waals surface area contributed by atoms with Crippen LogP contribution in [0.4, 0.5) is 4.39 Å². The van der Waals surface area contributed by atoms with Crippen LogP contribution in [0.5, 0.6) is 0 Å². The fourth-order valence-corrected chi connectivity index (χ4v) is 3.37. The van der Waals surface area contributed by atoms with E-state index in [0.29, 0.717) is 12.0 Å². The van der Waals surface area contributed by atoms with Gasteiger partial charge >= 0.3 is 0 Å². The standard InChI is InChI=1S/C14H18FNS/c1-4-16-14(9(2)3)13-8-10-7-11(15)5-6-12(10)17-13/h5-9,14,16H,4H2,1-3H3. The molecule has 0 bridgehead atoms. The molecule has 1 N–H and O–H groups in total. The van der Waals surface area contributed by atoms with Gasteiger partial charge in [-0.3, -0.25) is 0 Å². The lowest BCUT2D eigenvalue weighted by Crippen LogP contribution is -2.24. The van der Waals surface area contributed by atoms with E-state index < -0.39 is 0 Å². The summed E-state index contributed by atoms with van der Waals surface area (Å²) >= 11 is 1.75. The predicted octanol–water partition coefficient (Wildman–Crippen LogP) is 4.35. The number of nitrogens with one attached hydrogen (secondary N) is 1. The van der Waals surface area contributed by atoms with Crippen molar-refractivity contribution in [2.75, 3.05) is 6.54 Å². The Hall–Kier alpha value is -0.930. The average Bonchev–Trinajstić information content (AvgIpc) is 2.67. The van der Waals surface area contributed by atoms with E-state index in [0.717, 1.165) is 16.6 Å². The first-order valence-corrected chi connectivity index (χ1v) is 6.86. The SMILES string of the molecule is CCNC(c1cc2cc(F)ccc2s1)C(C)C. The van der Waals surface area contributed by atoms with Crippen molar-refractivity contribution >= 4 is 21.4 Å². The molecule has 17 heavy (non-hydrogen) atoms. The van der Waals surface area contributed by atoms with E-state index in [2.05, 4.69) is 32.2 Å². The summed E-state index contributed by atoms with van der Waals surface area (Å²) in [7, 11) is 0. The van der Waals surface area contributed by atoms with Crippen molar-refractivity contribution in [3.8, 4) is 0 Å². The van der Waals surface area contributed by atoms with E-state index in [1.54, 1.807) is 17.4 Å². The van der Waals surface area contributed by atoms with E-state index in [4.69, 9.17) is 0 Å². The highest BCUT2D eigenvalue weighted by atomic mass is 32.1. The maximum Gasteiger partial charge on any atom is 0.123 e. The van der Waals surface area contributed by atoms with Crippen molar-refractivity contribution in [3.05, 3.63) is 35.0 Å². The summed E-state index contributed by atoms with van der Waals surface area (Å²) in [5.74, 6) is 0.374. The molecule has 0 saturated carbocycles. The van der Waals surface area contributed by atoms with E-state index in [1.165, 1.54) is 10.9 Å². The minimum atomic E-state index is -0.161. The van der Waals surface area contributed by atoms with Crippen molar-refractivity contribution < 1.29 is 4.39 Å². The lowest BCUT2D eigenvalue weighted by molar-refractivity contribution is 0.428. The molecular formula is C14H18FNS. The van der Waals surface area contributed by atoms with Crippen molar-refractivity contribution in [2.24, 2.45) is 5.92 Å². The Balaban J connectivity index is 2.40. The lowest BCUT2D eigenvalue weighted by atomic mass is 10.0. The first-order valence-electron chi connectivity index (χ1n) is 6.04. The van der Waals surface area contributed by atoms with Crippen LogP contribution in [0.15, 0.2) is 24.3 Å². The Labute approximate surface area is 106 Å². The van der Waals surface area contributed by atoms with Crippen LogP contribution in [0.25, 0.3) is 10.1 Å². The van der Waals surface area contributed by atoms with Crippen LogP contribution < -0.4 is 5.32 Å². The van der Waals surface area contributed by atoms with Crippen LogP contribution >= 0.6 is 11.3 Å². The number of hydrogen-bond donors (Lipinski definition) is 1. The van der Waals surface area contributed by atoms with Crippen LogP contribution in [0.3, 0.4) is 0 Å². The molecule has 92 valence electrons. The van der Waals surface area contributed by atoms with Gasteiger partial charge in [-0.1, -0.05) is 20.8 Å². The van der Waals surface area contributed by atoms with E-state index >= 15 is 0 Å². The molecule has 0 fully saturated rings. The first kappa shape index (κ1) is 12.5. The Kier molecular flexibility index (Phi) is 3.79. The average molecular weight is 251 g/mol. The monoisotopic (exact) mass is 251 g/mol. The smallest absolute Gasteiger partial charge is 0.123 e. The van der Waals surface area contributed by atoms with Crippen LogP contribution in [-0.4, -0.2) is 6.54 Å². The summed E-state index contributed by atoms with van der Waals surface area (Å²) in [5.41, 5.74) is 0. The number of rotatable bonds is 4. The summed E-state index contributed by atoms with van der Waals surface area (Å²) in [6, 6.07) is 7.47. The Morgan fingerprint density at radius 3 is 2.71 bits per heavy atom. The Morgan fingerprint density at radius 2 is 2.06 bits per heavy atom. The highest BCUT2D eigenvalue weighted by Gasteiger charge is 2.17. The third-order valence-electron chi connectivity index (χ3n) is 2.89. The highest BCUT2D eigenvalue weighted by Crippen LogP contribution is 2.33. The molecule has 1 aromatic heterocycles. The molecule has 1 unspecified atom stereocenters. The molecule has 1 aromatic carbocycles. The third kappa shape index (κ3) is 2.67. The summed E-state index contributed by atoms with van der Waals surface area (Å²) < 4.78 is 14.3. The first-order chi connectivity index (χ1) is 8.11. The van der Waals surface area contributed by atoms with Gasteiger partial charge in [-0.15, -0.1) is 11.3 Å². The van der Waals surface area contributed by atoms with Gasteiger partial charge in [-0.25, -0.2) is 4.39 Å². The molecule has 0 amide bonds. The molecule has 0 aliphatic heterocycles. The zero-order valence-electron chi connectivity index (χ0n) is 10.5. The number of thiophene rings is 1. The van der Waals surface area contributed by atoms with Gasteiger partial charge in [0.15, 0.2) is 0 Å². The third-order valence-corrected chi connectivity index (χ3v) is 4.09. The van der Waals surface area contributed by atoms with Crippen molar-refractivity contribution in [1.82, 2.24) is 5.32 Å². The molecule has 3 heteroatoms. The summed E-state index contributed by atoms with van der Waals surface area (Å²) in [6.45, 7) is 7.48. The maximum absolute atomic E-state index is 13.1. The molecular weight excluding hydrogens is 233 g/mol. The second-order valence-corrected chi connectivity index (χ2v) is 5.73. The zero-order chi connectivity index (χ0) is 12.4. The van der Waals surface area contributed by atoms with E-state index in [-0.39, 0.29) is 5.82 Å². The minimum Gasteiger partial charge on any atom is -0.309 e. The van der Waals surface area contributed by atoms with Gasteiger partial charge < -0.3 is 5.32 Å². The van der Waals surface area contributed by atoms with Crippen LogP contribution in [-0.2, 0) is 0 Å². The quantitative estimate of drug-likeness (QED) is 0.852. The van der Waals surface area contributed by atoms with Gasteiger partial charge in [0.25, 0.3) is 0 Å². The predicted molar refractivity (Wildman–Crippen MR) is 73.0 cm³/mol. The number of fused-ring (bicyclic) bond motifs is 1. The normalized spacial score (nSPS) is 13.5. The van der Waals surface area contributed by atoms with Gasteiger partial charge in [0, 0.05) is 15.6 Å². The highest BCUT2D eigenvalue weighted by molar-refractivity contribution is 7.19. The molecule has 0 aliphatic carbocycles. The van der Waals surface area contributed by atoms with Crippen LogP contribution in [0.2, 0.25) is 0 Å². The molecule has 2 rings (SSSR count). The second kappa shape index (κ2) is 5.15. The van der Waals surface area contributed by atoms with Gasteiger partial charge in [0.1, 0.15) is 5.82 Å². The van der Waals surface area contributed by atoms with Gasteiger partial charge in [-0.05, 0) is 42.1 Å². The lowest BCUT2D eigenvalue weighted by Gasteiger charge is -2.20. The molecule has 1 heterocycles. The van der Waals surface area contributed by atoms with Crippen molar-refractivity contribution in [1.29, 1.82) is 0 Å². The van der Waals surface area contributed by atoms with Gasteiger partial charge in [0.05, 0.1) is 0 Å². The number of halogens is 1. The zero-order valence-corrected chi connectivity index (χ0v) is 11.3. The largest absolute Gasteiger partial charge is 0.309 e. The Morgan fingerprint density at radius 1 is 1.29 bits per heavy atom. The van der Waals surface area contributed by atoms with Gasteiger partial charge in [-0.2, -0.15) is 0 Å². The van der Waals surface area contributed by atoms with Crippen LogP contribution in [0, 0.1) is 11.7 Å². The van der Waals surface area contributed by atoms with Crippen molar-refractivity contribution in [2.45, 2.75) is 26.8 Å². The van der Waals surface area contributed by atoms with E-state index in [1.807, 2.05) is 6.07 Å². The molecule has 0 aliphatic rings. The fourth-order valence-electron chi connectivity index (χ4n) is 2.07. The molecule has 1 nitrogen and oxygen atoms in total. The molecule has 2 aromatic rings. The van der Waals surface area contributed by atoms with Crippen LogP contribution in [0.1, 0.15) is 31.7 Å². The number of benzene rings is 1. The second-order valence-electron chi connectivity index (χ2n) is 4.61. The minimum absolute atomic E-state index is 0.161.